The molecule has 1 N–H and O–H groups in total. The number of imidazole rings is 1. The van der Waals surface area contributed by atoms with E-state index in [1.807, 2.05) is 6.07 Å². The molecule has 2 heterocycles. The normalized spacial score (nSPS) is 11.3. The Labute approximate surface area is 159 Å². The van der Waals surface area contributed by atoms with E-state index in [2.05, 4.69) is 14.7 Å². The Bertz CT molecular complexity index is 1320. The first kappa shape index (κ1) is 17.6. The Morgan fingerprint density at radius 1 is 1.11 bits per heavy atom. The van der Waals surface area contributed by atoms with Gasteiger partial charge < -0.3 is 0 Å². The number of aromatic nitrogens is 3. The molecule has 7 nitrogen and oxygen atoms in total. The van der Waals surface area contributed by atoms with Crippen molar-refractivity contribution in [3.8, 4) is 17.3 Å². The van der Waals surface area contributed by atoms with Crippen molar-refractivity contribution in [3.05, 3.63) is 78.4 Å². The fourth-order valence-electron chi connectivity index (χ4n) is 2.71. The van der Waals surface area contributed by atoms with Gasteiger partial charge in [0.2, 0.25) is 5.78 Å². The van der Waals surface area contributed by atoms with E-state index in [-0.39, 0.29) is 22.1 Å². The SMILES string of the molecule is N#Cc1cccc(S(=O)(=O)Nc2c(-c3ccc(F)cc3)nc3ncccn23)c1. The maximum atomic E-state index is 13.3. The zero-order valence-corrected chi connectivity index (χ0v) is 15.1. The number of nitriles is 1. The van der Waals surface area contributed by atoms with Crippen LogP contribution in [0.3, 0.4) is 0 Å². The van der Waals surface area contributed by atoms with Crippen molar-refractivity contribution >= 4 is 21.6 Å². The number of nitrogens with one attached hydrogen (secondary N) is 1. The summed E-state index contributed by atoms with van der Waals surface area (Å²) >= 11 is 0. The summed E-state index contributed by atoms with van der Waals surface area (Å²) in [7, 11) is -4.01. The number of nitrogens with zero attached hydrogens (tertiary/aromatic N) is 4. The molecule has 2 aromatic carbocycles. The highest BCUT2D eigenvalue weighted by Crippen LogP contribution is 2.30. The van der Waals surface area contributed by atoms with Crippen LogP contribution in [0, 0.1) is 17.1 Å². The zero-order valence-electron chi connectivity index (χ0n) is 14.2. The highest BCUT2D eigenvalue weighted by atomic mass is 32.2. The number of hydrogen-bond donors (Lipinski definition) is 1. The van der Waals surface area contributed by atoms with Crippen molar-refractivity contribution in [2.45, 2.75) is 4.90 Å². The first-order valence-electron chi connectivity index (χ1n) is 8.10. The third-order valence-electron chi connectivity index (χ3n) is 4.03. The van der Waals surface area contributed by atoms with Crippen LogP contribution >= 0.6 is 0 Å². The number of rotatable bonds is 4. The molecule has 0 saturated heterocycles. The van der Waals surface area contributed by atoms with E-state index in [0.717, 1.165) is 0 Å². The number of benzene rings is 2. The topological polar surface area (TPSA) is 100 Å². The van der Waals surface area contributed by atoms with Gasteiger partial charge in [-0.05, 0) is 48.5 Å². The molecule has 0 aliphatic rings. The van der Waals surface area contributed by atoms with E-state index < -0.39 is 15.8 Å². The first-order chi connectivity index (χ1) is 13.5. The van der Waals surface area contributed by atoms with E-state index in [4.69, 9.17) is 5.26 Å². The van der Waals surface area contributed by atoms with Gasteiger partial charge in [0.1, 0.15) is 11.5 Å². The maximum absolute atomic E-state index is 13.3. The summed E-state index contributed by atoms with van der Waals surface area (Å²) in [4.78, 5) is 8.45. The van der Waals surface area contributed by atoms with Crippen LogP contribution in [0.2, 0.25) is 0 Å². The number of fused-ring (bicyclic) bond motifs is 1. The molecule has 0 fully saturated rings. The van der Waals surface area contributed by atoms with Crippen LogP contribution in [0.5, 0.6) is 0 Å². The van der Waals surface area contributed by atoms with Gasteiger partial charge >= 0.3 is 0 Å². The van der Waals surface area contributed by atoms with Gasteiger partial charge in [-0.25, -0.2) is 22.8 Å². The minimum absolute atomic E-state index is 0.0598. The van der Waals surface area contributed by atoms with Crippen molar-refractivity contribution in [1.29, 1.82) is 5.26 Å². The third-order valence-corrected chi connectivity index (χ3v) is 5.36. The summed E-state index contributed by atoms with van der Waals surface area (Å²) in [6.45, 7) is 0. The highest BCUT2D eigenvalue weighted by molar-refractivity contribution is 7.92. The fraction of sp³-hybridized carbons (Fsp3) is 0. The third kappa shape index (κ3) is 3.17. The van der Waals surface area contributed by atoms with Crippen LogP contribution < -0.4 is 4.72 Å². The summed E-state index contributed by atoms with van der Waals surface area (Å²) in [5.74, 6) is 0.0310. The quantitative estimate of drug-likeness (QED) is 0.574. The van der Waals surface area contributed by atoms with Crippen LogP contribution in [-0.2, 0) is 10.0 Å². The molecule has 2 aromatic heterocycles. The van der Waals surface area contributed by atoms with E-state index in [1.54, 1.807) is 12.3 Å². The Kier molecular flexibility index (Phi) is 4.25. The predicted octanol–water partition coefficient (Wildman–Crippen LogP) is 3.21. The van der Waals surface area contributed by atoms with Gasteiger partial charge in [-0.1, -0.05) is 6.07 Å². The molecule has 0 spiro atoms. The zero-order chi connectivity index (χ0) is 19.7. The summed E-state index contributed by atoms with van der Waals surface area (Å²) in [5, 5.41) is 9.02. The van der Waals surface area contributed by atoms with Gasteiger partial charge in [0.15, 0.2) is 5.82 Å². The van der Waals surface area contributed by atoms with Gasteiger partial charge in [0.05, 0.1) is 16.5 Å². The second kappa shape index (κ2) is 6.75. The highest BCUT2D eigenvalue weighted by Gasteiger charge is 2.22. The summed E-state index contributed by atoms with van der Waals surface area (Å²) in [5.41, 5.74) is 1.05. The number of halogens is 1. The lowest BCUT2D eigenvalue weighted by Gasteiger charge is -2.10. The summed E-state index contributed by atoms with van der Waals surface area (Å²) in [6, 6.07) is 14.8. The van der Waals surface area contributed by atoms with Gasteiger partial charge in [-0.2, -0.15) is 5.26 Å². The molecule has 0 bridgehead atoms. The van der Waals surface area contributed by atoms with E-state index in [0.29, 0.717) is 11.3 Å². The Balaban J connectivity index is 1.87. The molecule has 0 aliphatic carbocycles. The van der Waals surface area contributed by atoms with Crippen molar-refractivity contribution in [2.75, 3.05) is 4.72 Å². The summed E-state index contributed by atoms with van der Waals surface area (Å²) < 4.78 is 43.1. The lowest BCUT2D eigenvalue weighted by Crippen LogP contribution is -2.15. The van der Waals surface area contributed by atoms with Crippen molar-refractivity contribution in [3.63, 3.8) is 0 Å². The first-order valence-corrected chi connectivity index (χ1v) is 9.58. The molecule has 9 heteroatoms. The predicted molar refractivity (Wildman–Crippen MR) is 100 cm³/mol. The molecular weight excluding hydrogens is 381 g/mol. The van der Waals surface area contributed by atoms with Crippen LogP contribution in [0.4, 0.5) is 10.2 Å². The Morgan fingerprint density at radius 2 is 1.89 bits per heavy atom. The monoisotopic (exact) mass is 393 g/mol. The van der Waals surface area contributed by atoms with Gasteiger partial charge in [-0.15, -0.1) is 0 Å². The second-order valence-electron chi connectivity index (χ2n) is 5.85. The van der Waals surface area contributed by atoms with E-state index in [1.165, 1.54) is 59.1 Å². The van der Waals surface area contributed by atoms with Crippen LogP contribution in [-0.4, -0.2) is 22.8 Å². The average molecular weight is 393 g/mol. The number of anilines is 1. The smallest absolute Gasteiger partial charge is 0.263 e. The van der Waals surface area contributed by atoms with Crippen molar-refractivity contribution < 1.29 is 12.8 Å². The molecule has 0 saturated carbocycles. The Morgan fingerprint density at radius 3 is 2.64 bits per heavy atom. The molecule has 0 aliphatic heterocycles. The second-order valence-corrected chi connectivity index (χ2v) is 7.53. The maximum Gasteiger partial charge on any atom is 0.263 e. The minimum atomic E-state index is -4.01. The van der Waals surface area contributed by atoms with Gasteiger partial charge in [0, 0.05) is 18.0 Å². The molecule has 28 heavy (non-hydrogen) atoms. The number of sulfonamides is 1. The van der Waals surface area contributed by atoms with E-state index in [9.17, 15) is 12.8 Å². The molecular formula is C19H12FN5O2S. The molecule has 0 radical (unpaired) electrons. The van der Waals surface area contributed by atoms with Crippen LogP contribution in [0.25, 0.3) is 17.0 Å². The average Bonchev–Trinajstić information content (AvgIpc) is 3.06. The molecule has 4 rings (SSSR count). The number of hydrogen-bond acceptors (Lipinski definition) is 5. The lowest BCUT2D eigenvalue weighted by molar-refractivity contribution is 0.601. The molecule has 4 aromatic rings. The van der Waals surface area contributed by atoms with E-state index >= 15 is 0 Å². The van der Waals surface area contributed by atoms with Gasteiger partial charge in [-0.3, -0.25) is 9.12 Å². The standard InChI is InChI=1S/C19H12FN5O2S/c20-15-7-5-14(6-8-15)17-18(25-10-2-9-22-19(25)23-17)24-28(26,27)16-4-1-3-13(11-16)12-21/h1-11,24H. The molecule has 138 valence electrons. The van der Waals surface area contributed by atoms with Crippen molar-refractivity contribution in [2.24, 2.45) is 0 Å². The van der Waals surface area contributed by atoms with Gasteiger partial charge in [0.25, 0.3) is 10.0 Å². The fourth-order valence-corrected chi connectivity index (χ4v) is 3.82. The molecule has 0 unspecified atom stereocenters. The van der Waals surface area contributed by atoms with Crippen LogP contribution in [0.15, 0.2) is 71.9 Å². The minimum Gasteiger partial charge on any atom is -0.269 e. The van der Waals surface area contributed by atoms with Crippen molar-refractivity contribution in [1.82, 2.24) is 14.4 Å². The largest absolute Gasteiger partial charge is 0.269 e. The Hall–Kier alpha value is -3.77. The molecule has 0 atom stereocenters. The molecule has 0 amide bonds. The lowest BCUT2D eigenvalue weighted by atomic mass is 10.1. The van der Waals surface area contributed by atoms with Crippen LogP contribution in [0.1, 0.15) is 5.56 Å². The summed E-state index contributed by atoms with van der Waals surface area (Å²) in [6.07, 6.45) is 3.15.